The van der Waals surface area contributed by atoms with E-state index in [1.807, 2.05) is 0 Å². The molecule has 3 nitrogen and oxygen atoms in total. The Balaban J connectivity index is 2.51. The monoisotopic (exact) mass is 255 g/mol. The van der Waals surface area contributed by atoms with E-state index in [2.05, 4.69) is 11.1 Å². The van der Waals surface area contributed by atoms with Crippen molar-refractivity contribution in [3.05, 3.63) is 64.9 Å². The summed E-state index contributed by atoms with van der Waals surface area (Å²) in [5, 5.41) is 9.86. The van der Waals surface area contributed by atoms with Crippen LogP contribution in [-0.4, -0.2) is 4.98 Å². The molecule has 0 fully saturated rings. The summed E-state index contributed by atoms with van der Waals surface area (Å²) in [7, 11) is 0. The Kier molecular flexibility index (Phi) is 3.61. The van der Waals surface area contributed by atoms with Crippen LogP contribution in [0, 0.1) is 11.3 Å². The topological polar surface area (TPSA) is 62.7 Å². The van der Waals surface area contributed by atoms with Crippen molar-refractivity contribution in [2.24, 2.45) is 5.73 Å². The SMILES string of the molecule is N#C/C(=C(/N)c1ccc(Cl)cc1)c1cccnc1. The zero-order valence-electron chi connectivity index (χ0n) is 9.47. The maximum absolute atomic E-state index is 9.22. The number of hydrogen-bond acceptors (Lipinski definition) is 3. The fourth-order valence-corrected chi connectivity index (χ4v) is 1.69. The van der Waals surface area contributed by atoms with Gasteiger partial charge >= 0.3 is 0 Å². The number of rotatable bonds is 2. The molecule has 0 atom stereocenters. The Morgan fingerprint density at radius 3 is 2.44 bits per heavy atom. The Morgan fingerprint density at radius 2 is 1.89 bits per heavy atom. The van der Waals surface area contributed by atoms with Gasteiger partial charge in [-0.1, -0.05) is 29.8 Å². The van der Waals surface area contributed by atoms with Gasteiger partial charge in [0.25, 0.3) is 0 Å². The lowest BCUT2D eigenvalue weighted by molar-refractivity contribution is 1.31. The molecule has 0 saturated heterocycles. The average molecular weight is 256 g/mol. The summed E-state index contributed by atoms with van der Waals surface area (Å²) in [5.41, 5.74) is 8.31. The molecule has 1 aromatic carbocycles. The third-order valence-corrected chi connectivity index (χ3v) is 2.74. The number of hydrogen-bond donors (Lipinski definition) is 1. The highest BCUT2D eigenvalue weighted by Gasteiger charge is 2.08. The van der Waals surface area contributed by atoms with Crippen LogP contribution in [0.4, 0.5) is 0 Å². The molecular weight excluding hydrogens is 246 g/mol. The molecule has 1 heterocycles. The van der Waals surface area contributed by atoms with Gasteiger partial charge in [-0.2, -0.15) is 5.26 Å². The molecule has 0 radical (unpaired) electrons. The van der Waals surface area contributed by atoms with E-state index in [0.29, 0.717) is 21.9 Å². The van der Waals surface area contributed by atoms with E-state index in [0.717, 1.165) is 5.56 Å². The second-order valence-corrected chi connectivity index (χ2v) is 4.09. The van der Waals surface area contributed by atoms with Crippen molar-refractivity contribution in [2.45, 2.75) is 0 Å². The number of nitrogens with two attached hydrogens (primary N) is 1. The lowest BCUT2D eigenvalue weighted by atomic mass is 10.0. The molecule has 0 aliphatic carbocycles. The first kappa shape index (κ1) is 12.2. The molecule has 0 bridgehead atoms. The van der Waals surface area contributed by atoms with Crippen LogP contribution in [-0.2, 0) is 0 Å². The van der Waals surface area contributed by atoms with Crippen LogP contribution in [0.1, 0.15) is 11.1 Å². The van der Waals surface area contributed by atoms with Crippen molar-refractivity contribution in [2.75, 3.05) is 0 Å². The highest BCUT2D eigenvalue weighted by Crippen LogP contribution is 2.22. The molecule has 18 heavy (non-hydrogen) atoms. The van der Waals surface area contributed by atoms with E-state index in [9.17, 15) is 5.26 Å². The molecule has 4 heteroatoms. The van der Waals surface area contributed by atoms with Crippen LogP contribution >= 0.6 is 11.6 Å². The molecule has 1 aromatic heterocycles. The van der Waals surface area contributed by atoms with Crippen LogP contribution in [0.3, 0.4) is 0 Å². The standard InChI is InChI=1S/C14H10ClN3/c15-12-5-3-10(4-6-12)14(17)13(8-16)11-2-1-7-18-9-11/h1-7,9H,17H2/b14-13-. The summed E-state index contributed by atoms with van der Waals surface area (Å²) in [5.74, 6) is 0. The molecule has 0 saturated carbocycles. The third kappa shape index (κ3) is 2.50. The molecule has 0 aliphatic heterocycles. The number of halogens is 1. The van der Waals surface area contributed by atoms with E-state index in [1.165, 1.54) is 0 Å². The Hall–Kier alpha value is -2.31. The number of pyridine rings is 1. The van der Waals surface area contributed by atoms with Gasteiger partial charge in [-0.3, -0.25) is 4.98 Å². The molecule has 2 N–H and O–H groups in total. The van der Waals surface area contributed by atoms with Gasteiger partial charge in [0, 0.05) is 23.0 Å². The van der Waals surface area contributed by atoms with Crippen LogP contribution < -0.4 is 5.73 Å². The summed E-state index contributed by atoms with van der Waals surface area (Å²) in [4.78, 5) is 3.98. The maximum Gasteiger partial charge on any atom is 0.102 e. The highest BCUT2D eigenvalue weighted by molar-refractivity contribution is 6.30. The predicted molar refractivity (Wildman–Crippen MR) is 72.3 cm³/mol. The van der Waals surface area contributed by atoms with Gasteiger partial charge in [-0.15, -0.1) is 0 Å². The normalized spacial score (nSPS) is 11.6. The van der Waals surface area contributed by atoms with E-state index >= 15 is 0 Å². The Morgan fingerprint density at radius 1 is 1.17 bits per heavy atom. The van der Waals surface area contributed by atoms with Gasteiger partial charge in [0.05, 0.1) is 11.3 Å². The number of allylic oxidation sites excluding steroid dienone is 1. The molecule has 0 unspecified atom stereocenters. The van der Waals surface area contributed by atoms with Crippen molar-refractivity contribution in [3.63, 3.8) is 0 Å². The molecule has 0 aliphatic rings. The summed E-state index contributed by atoms with van der Waals surface area (Å²) < 4.78 is 0. The van der Waals surface area contributed by atoms with Crippen LogP contribution in [0.15, 0.2) is 48.8 Å². The smallest absolute Gasteiger partial charge is 0.102 e. The summed E-state index contributed by atoms with van der Waals surface area (Å²) in [6.45, 7) is 0. The average Bonchev–Trinajstić information content (AvgIpc) is 2.41. The van der Waals surface area contributed by atoms with Crippen molar-refractivity contribution in [1.82, 2.24) is 4.98 Å². The number of nitrogens with zero attached hydrogens (tertiary/aromatic N) is 2. The first-order valence-corrected chi connectivity index (χ1v) is 5.66. The maximum atomic E-state index is 9.22. The number of benzene rings is 1. The summed E-state index contributed by atoms with van der Waals surface area (Å²) >= 11 is 5.81. The Labute approximate surface area is 110 Å². The van der Waals surface area contributed by atoms with Gasteiger partial charge in [0.15, 0.2) is 0 Å². The zero-order chi connectivity index (χ0) is 13.0. The van der Waals surface area contributed by atoms with Crippen molar-refractivity contribution in [1.29, 1.82) is 5.26 Å². The minimum Gasteiger partial charge on any atom is -0.397 e. The van der Waals surface area contributed by atoms with Crippen molar-refractivity contribution in [3.8, 4) is 6.07 Å². The zero-order valence-corrected chi connectivity index (χ0v) is 10.2. The molecule has 0 amide bonds. The van der Waals surface area contributed by atoms with Crippen molar-refractivity contribution >= 4 is 22.9 Å². The minimum absolute atomic E-state index is 0.408. The first-order chi connectivity index (χ1) is 8.72. The van der Waals surface area contributed by atoms with E-state index in [-0.39, 0.29) is 0 Å². The summed E-state index contributed by atoms with van der Waals surface area (Å²) in [6.07, 6.45) is 3.26. The van der Waals surface area contributed by atoms with E-state index in [1.54, 1.807) is 48.8 Å². The van der Waals surface area contributed by atoms with Gasteiger partial charge < -0.3 is 5.73 Å². The lowest BCUT2D eigenvalue weighted by Crippen LogP contribution is -2.00. The highest BCUT2D eigenvalue weighted by atomic mass is 35.5. The molecule has 0 spiro atoms. The molecule has 2 rings (SSSR count). The number of aromatic nitrogens is 1. The Bertz CT molecular complexity index is 610. The second kappa shape index (κ2) is 5.35. The van der Waals surface area contributed by atoms with Gasteiger partial charge in [0.2, 0.25) is 0 Å². The van der Waals surface area contributed by atoms with Crippen LogP contribution in [0.25, 0.3) is 11.3 Å². The predicted octanol–water partition coefficient (Wildman–Crippen LogP) is 3.09. The fraction of sp³-hybridized carbons (Fsp3) is 0. The third-order valence-electron chi connectivity index (χ3n) is 2.49. The summed E-state index contributed by atoms with van der Waals surface area (Å²) in [6, 6.07) is 12.7. The minimum atomic E-state index is 0.408. The van der Waals surface area contributed by atoms with Gasteiger partial charge in [-0.25, -0.2) is 0 Å². The lowest BCUT2D eigenvalue weighted by Gasteiger charge is -2.06. The largest absolute Gasteiger partial charge is 0.397 e. The quantitative estimate of drug-likeness (QED) is 0.839. The van der Waals surface area contributed by atoms with E-state index in [4.69, 9.17) is 17.3 Å². The van der Waals surface area contributed by atoms with Crippen LogP contribution in [0.5, 0.6) is 0 Å². The second-order valence-electron chi connectivity index (χ2n) is 3.65. The number of nitriles is 1. The fourth-order valence-electron chi connectivity index (χ4n) is 1.56. The van der Waals surface area contributed by atoms with Gasteiger partial charge in [0.1, 0.15) is 6.07 Å². The van der Waals surface area contributed by atoms with Gasteiger partial charge in [-0.05, 0) is 23.8 Å². The van der Waals surface area contributed by atoms with Crippen LogP contribution in [0.2, 0.25) is 5.02 Å². The molecular formula is C14H10ClN3. The molecule has 2 aromatic rings. The van der Waals surface area contributed by atoms with E-state index < -0.39 is 0 Å². The molecule has 88 valence electrons. The first-order valence-electron chi connectivity index (χ1n) is 5.28. The van der Waals surface area contributed by atoms with Crippen molar-refractivity contribution < 1.29 is 0 Å².